The number of benzene rings is 1. The van der Waals surface area contributed by atoms with E-state index in [0.717, 1.165) is 5.75 Å². The van der Waals surface area contributed by atoms with Gasteiger partial charge in [-0.2, -0.15) is 0 Å². The molecule has 5 nitrogen and oxygen atoms in total. The Kier molecular flexibility index (Phi) is 6.74. The molecule has 0 spiro atoms. The van der Waals surface area contributed by atoms with Crippen molar-refractivity contribution in [3.8, 4) is 5.75 Å². The highest BCUT2D eigenvalue weighted by atomic mass is 16.5. The third-order valence-corrected chi connectivity index (χ3v) is 2.54. The molecule has 0 saturated carbocycles. The molecule has 0 aliphatic carbocycles. The summed E-state index contributed by atoms with van der Waals surface area (Å²) in [7, 11) is 0. The number of para-hydroxylation sites is 1. The van der Waals surface area contributed by atoms with Crippen molar-refractivity contribution in [3.05, 3.63) is 30.3 Å². The molecule has 106 valence electrons. The fraction of sp³-hybridized carbons (Fsp3) is 0.500. The van der Waals surface area contributed by atoms with Gasteiger partial charge in [0.2, 0.25) is 0 Å². The second kappa shape index (κ2) is 8.37. The van der Waals surface area contributed by atoms with E-state index in [1.54, 1.807) is 0 Å². The van der Waals surface area contributed by atoms with Gasteiger partial charge in [0.15, 0.2) is 0 Å². The standard InChI is InChI=1S/C14H22N2O3/c1-11(9-17)8-15-14(18)16-12(2)10-19-13-6-4-3-5-7-13/h3-7,11-12,17H,8-10H2,1-2H3,(H2,15,16,18)/t11-,12-/m1/s1. The van der Waals surface area contributed by atoms with E-state index in [2.05, 4.69) is 10.6 Å². The van der Waals surface area contributed by atoms with E-state index in [4.69, 9.17) is 9.84 Å². The number of rotatable bonds is 7. The molecule has 1 aromatic carbocycles. The molecule has 0 unspecified atom stereocenters. The van der Waals surface area contributed by atoms with Crippen LogP contribution in [0.5, 0.6) is 5.75 Å². The summed E-state index contributed by atoms with van der Waals surface area (Å²) in [6.07, 6.45) is 0. The van der Waals surface area contributed by atoms with Crippen LogP contribution in [0.2, 0.25) is 0 Å². The molecule has 0 aromatic heterocycles. The number of carbonyl (C=O) groups is 1. The Balaban J connectivity index is 2.20. The average molecular weight is 266 g/mol. The van der Waals surface area contributed by atoms with Crippen molar-refractivity contribution < 1.29 is 14.6 Å². The van der Waals surface area contributed by atoms with Gasteiger partial charge in [0.1, 0.15) is 12.4 Å². The van der Waals surface area contributed by atoms with Crippen LogP contribution in [0.15, 0.2) is 30.3 Å². The Morgan fingerprint density at radius 1 is 1.32 bits per heavy atom. The summed E-state index contributed by atoms with van der Waals surface area (Å²) in [5.74, 6) is 0.840. The summed E-state index contributed by atoms with van der Waals surface area (Å²) in [6, 6.07) is 9.12. The number of nitrogens with one attached hydrogen (secondary N) is 2. The molecule has 0 bridgehead atoms. The van der Waals surface area contributed by atoms with Gasteiger partial charge in [-0.15, -0.1) is 0 Å². The van der Waals surface area contributed by atoms with Gasteiger partial charge in [-0.25, -0.2) is 4.79 Å². The Bertz CT molecular complexity index is 370. The number of carbonyl (C=O) groups excluding carboxylic acids is 1. The van der Waals surface area contributed by atoms with Crippen LogP contribution in [0.3, 0.4) is 0 Å². The monoisotopic (exact) mass is 266 g/mol. The molecule has 0 aliphatic heterocycles. The lowest BCUT2D eigenvalue weighted by Crippen LogP contribution is -2.44. The van der Waals surface area contributed by atoms with E-state index in [0.29, 0.717) is 13.2 Å². The Morgan fingerprint density at radius 3 is 2.63 bits per heavy atom. The van der Waals surface area contributed by atoms with Crippen LogP contribution in [-0.2, 0) is 0 Å². The molecular weight excluding hydrogens is 244 g/mol. The minimum atomic E-state index is -0.246. The normalized spacial score (nSPS) is 13.4. The smallest absolute Gasteiger partial charge is 0.315 e. The van der Waals surface area contributed by atoms with Crippen LogP contribution < -0.4 is 15.4 Å². The number of aliphatic hydroxyl groups excluding tert-OH is 1. The molecule has 2 atom stereocenters. The van der Waals surface area contributed by atoms with Gasteiger partial charge in [0.05, 0.1) is 6.04 Å². The van der Waals surface area contributed by atoms with Crippen LogP contribution in [0.4, 0.5) is 4.79 Å². The zero-order valence-corrected chi connectivity index (χ0v) is 11.4. The van der Waals surface area contributed by atoms with Crippen LogP contribution in [0.25, 0.3) is 0 Å². The van der Waals surface area contributed by atoms with Gasteiger partial charge in [0.25, 0.3) is 0 Å². The molecule has 0 saturated heterocycles. The number of hydrogen-bond acceptors (Lipinski definition) is 3. The first-order chi connectivity index (χ1) is 9.11. The van der Waals surface area contributed by atoms with Crippen molar-refractivity contribution in [3.63, 3.8) is 0 Å². The predicted molar refractivity (Wildman–Crippen MR) is 74.2 cm³/mol. The maximum atomic E-state index is 11.5. The Labute approximate surface area is 114 Å². The minimum Gasteiger partial charge on any atom is -0.491 e. The summed E-state index contributed by atoms with van der Waals surface area (Å²) < 4.78 is 5.53. The molecule has 2 amide bonds. The Hall–Kier alpha value is -1.75. The topological polar surface area (TPSA) is 70.6 Å². The lowest BCUT2D eigenvalue weighted by Gasteiger charge is -2.16. The largest absolute Gasteiger partial charge is 0.491 e. The fourth-order valence-electron chi connectivity index (χ4n) is 1.39. The van der Waals surface area contributed by atoms with E-state index < -0.39 is 0 Å². The third-order valence-electron chi connectivity index (χ3n) is 2.54. The molecule has 1 rings (SSSR count). The van der Waals surface area contributed by atoms with Crippen LogP contribution in [-0.4, -0.2) is 36.9 Å². The average Bonchev–Trinajstić information content (AvgIpc) is 2.43. The summed E-state index contributed by atoms with van der Waals surface area (Å²) in [5, 5.41) is 14.3. The maximum absolute atomic E-state index is 11.5. The third kappa shape index (κ3) is 6.67. The second-order valence-electron chi connectivity index (χ2n) is 4.67. The molecule has 0 fully saturated rings. The fourth-order valence-corrected chi connectivity index (χ4v) is 1.39. The van der Waals surface area contributed by atoms with Crippen molar-refractivity contribution in [2.75, 3.05) is 19.8 Å². The summed E-state index contributed by atoms with van der Waals surface area (Å²) >= 11 is 0. The molecule has 19 heavy (non-hydrogen) atoms. The number of aliphatic hydroxyl groups is 1. The first kappa shape index (κ1) is 15.3. The van der Waals surface area contributed by atoms with Crippen molar-refractivity contribution in [1.29, 1.82) is 0 Å². The molecule has 1 aromatic rings. The SMILES string of the molecule is C[C@@H](CO)CNC(=O)N[C@H](C)COc1ccccc1. The molecule has 0 aliphatic rings. The van der Waals surface area contributed by atoms with Crippen LogP contribution in [0, 0.1) is 5.92 Å². The molecule has 0 radical (unpaired) electrons. The van der Waals surface area contributed by atoms with E-state index in [1.807, 2.05) is 44.2 Å². The van der Waals surface area contributed by atoms with Gasteiger partial charge in [-0.1, -0.05) is 25.1 Å². The summed E-state index contributed by atoms with van der Waals surface area (Å²) in [6.45, 7) is 4.66. The highest BCUT2D eigenvalue weighted by Gasteiger charge is 2.08. The van der Waals surface area contributed by atoms with Crippen molar-refractivity contribution >= 4 is 6.03 Å². The van der Waals surface area contributed by atoms with Crippen molar-refractivity contribution in [2.45, 2.75) is 19.9 Å². The van der Waals surface area contributed by atoms with Crippen molar-refractivity contribution in [1.82, 2.24) is 10.6 Å². The first-order valence-corrected chi connectivity index (χ1v) is 6.45. The highest BCUT2D eigenvalue weighted by Crippen LogP contribution is 2.08. The van der Waals surface area contributed by atoms with E-state index >= 15 is 0 Å². The summed E-state index contributed by atoms with van der Waals surface area (Å²) in [4.78, 5) is 11.5. The second-order valence-corrected chi connectivity index (χ2v) is 4.67. The quantitative estimate of drug-likeness (QED) is 0.698. The number of urea groups is 1. The van der Waals surface area contributed by atoms with Gasteiger partial charge < -0.3 is 20.5 Å². The minimum absolute atomic E-state index is 0.0571. The molecular formula is C14H22N2O3. The zero-order chi connectivity index (χ0) is 14.1. The molecule has 5 heteroatoms. The predicted octanol–water partition coefficient (Wildman–Crippen LogP) is 1.38. The highest BCUT2D eigenvalue weighted by molar-refractivity contribution is 5.74. The first-order valence-electron chi connectivity index (χ1n) is 6.45. The van der Waals surface area contributed by atoms with Crippen LogP contribution >= 0.6 is 0 Å². The zero-order valence-electron chi connectivity index (χ0n) is 11.4. The molecule has 3 N–H and O–H groups in total. The van der Waals surface area contributed by atoms with Crippen molar-refractivity contribution in [2.24, 2.45) is 5.92 Å². The van der Waals surface area contributed by atoms with Gasteiger partial charge in [-0.05, 0) is 25.0 Å². The lowest BCUT2D eigenvalue weighted by atomic mass is 10.2. The summed E-state index contributed by atoms with van der Waals surface area (Å²) in [5.41, 5.74) is 0. The van der Waals surface area contributed by atoms with Gasteiger partial charge in [-0.3, -0.25) is 0 Å². The maximum Gasteiger partial charge on any atom is 0.315 e. The number of amides is 2. The van der Waals surface area contributed by atoms with Crippen LogP contribution in [0.1, 0.15) is 13.8 Å². The lowest BCUT2D eigenvalue weighted by molar-refractivity contribution is 0.214. The number of hydrogen-bond donors (Lipinski definition) is 3. The Morgan fingerprint density at radius 2 is 2.00 bits per heavy atom. The van der Waals surface area contributed by atoms with E-state index in [1.165, 1.54) is 0 Å². The molecule has 0 heterocycles. The van der Waals surface area contributed by atoms with E-state index in [-0.39, 0.29) is 24.6 Å². The number of ether oxygens (including phenoxy) is 1. The van der Waals surface area contributed by atoms with E-state index in [9.17, 15) is 4.79 Å². The van der Waals surface area contributed by atoms with Gasteiger partial charge >= 0.3 is 6.03 Å². The van der Waals surface area contributed by atoms with Gasteiger partial charge in [0, 0.05) is 13.2 Å².